The molecule has 1 N–H and O–H groups in total. The molecule has 0 unspecified atom stereocenters. The van der Waals surface area contributed by atoms with E-state index in [1.807, 2.05) is 0 Å². The van der Waals surface area contributed by atoms with Crippen LogP contribution in [0, 0.1) is 0 Å². The SMILES string of the molecule is CS(=O)(=O)c1ccccc1NCCOc1ncccc1C(F)(F)F. The van der Waals surface area contributed by atoms with Crippen molar-refractivity contribution in [2.75, 3.05) is 24.7 Å². The number of benzene rings is 1. The fourth-order valence-corrected chi connectivity index (χ4v) is 2.86. The van der Waals surface area contributed by atoms with Gasteiger partial charge in [0.05, 0.1) is 10.6 Å². The number of rotatable bonds is 6. The Labute approximate surface area is 137 Å². The van der Waals surface area contributed by atoms with Crippen LogP contribution < -0.4 is 10.1 Å². The number of para-hydroxylation sites is 1. The molecule has 9 heteroatoms. The average molecular weight is 360 g/mol. The molecule has 1 heterocycles. The first kappa shape index (κ1) is 18.1. The van der Waals surface area contributed by atoms with Gasteiger partial charge in [0, 0.05) is 19.0 Å². The Kier molecular flexibility index (Phi) is 5.33. The summed E-state index contributed by atoms with van der Waals surface area (Å²) < 4.78 is 66.8. The topological polar surface area (TPSA) is 68.3 Å². The molecule has 1 aromatic heterocycles. The Morgan fingerprint density at radius 2 is 1.88 bits per heavy atom. The molecule has 0 radical (unpaired) electrons. The highest BCUT2D eigenvalue weighted by Gasteiger charge is 2.34. The monoisotopic (exact) mass is 360 g/mol. The van der Waals surface area contributed by atoms with Crippen molar-refractivity contribution in [1.82, 2.24) is 4.98 Å². The van der Waals surface area contributed by atoms with Crippen molar-refractivity contribution in [3.63, 3.8) is 0 Å². The van der Waals surface area contributed by atoms with Gasteiger partial charge in [-0.25, -0.2) is 13.4 Å². The number of nitrogens with one attached hydrogen (secondary N) is 1. The number of sulfone groups is 1. The van der Waals surface area contributed by atoms with Crippen molar-refractivity contribution in [3.05, 3.63) is 48.2 Å². The first-order valence-electron chi connectivity index (χ1n) is 6.87. The first-order valence-corrected chi connectivity index (χ1v) is 8.76. The zero-order valence-electron chi connectivity index (χ0n) is 12.7. The Hall–Kier alpha value is -2.29. The van der Waals surface area contributed by atoms with E-state index in [9.17, 15) is 21.6 Å². The third kappa shape index (κ3) is 4.60. The molecule has 5 nitrogen and oxygen atoms in total. The smallest absolute Gasteiger partial charge is 0.421 e. The standard InChI is InChI=1S/C15H15F3N2O3S/c1-24(21,22)13-7-3-2-6-12(13)19-9-10-23-14-11(15(16,17)18)5-4-8-20-14/h2-8,19H,9-10H2,1H3. The van der Waals surface area contributed by atoms with Crippen LogP contribution in [0.2, 0.25) is 0 Å². The number of hydrogen-bond acceptors (Lipinski definition) is 5. The molecular formula is C15H15F3N2O3S. The number of halogens is 3. The summed E-state index contributed by atoms with van der Waals surface area (Å²) in [5, 5.41) is 2.84. The quantitative estimate of drug-likeness (QED) is 0.802. The van der Waals surface area contributed by atoms with E-state index in [0.717, 1.165) is 12.3 Å². The van der Waals surface area contributed by atoms with Gasteiger partial charge in [-0.2, -0.15) is 13.2 Å². The van der Waals surface area contributed by atoms with Gasteiger partial charge in [0.25, 0.3) is 0 Å². The van der Waals surface area contributed by atoms with Gasteiger partial charge in [-0.15, -0.1) is 0 Å². The van der Waals surface area contributed by atoms with Crippen LogP contribution in [0.4, 0.5) is 18.9 Å². The van der Waals surface area contributed by atoms with Crippen molar-refractivity contribution < 1.29 is 26.3 Å². The predicted octanol–water partition coefficient (Wildman–Crippen LogP) is 2.99. The third-order valence-electron chi connectivity index (χ3n) is 3.02. The number of ether oxygens (including phenoxy) is 1. The average Bonchev–Trinajstić information content (AvgIpc) is 2.50. The largest absolute Gasteiger partial charge is 0.475 e. The van der Waals surface area contributed by atoms with Gasteiger partial charge < -0.3 is 10.1 Å². The van der Waals surface area contributed by atoms with Crippen LogP contribution in [0.15, 0.2) is 47.5 Å². The molecule has 0 aliphatic carbocycles. The Balaban J connectivity index is 2.01. The van der Waals surface area contributed by atoms with E-state index in [4.69, 9.17) is 4.74 Å². The van der Waals surface area contributed by atoms with Crippen LogP contribution in [0.3, 0.4) is 0 Å². The number of pyridine rings is 1. The number of nitrogens with zero attached hydrogens (tertiary/aromatic N) is 1. The van der Waals surface area contributed by atoms with Gasteiger partial charge in [-0.3, -0.25) is 0 Å². The minimum atomic E-state index is -4.56. The van der Waals surface area contributed by atoms with Crippen LogP contribution in [-0.4, -0.2) is 32.8 Å². The molecule has 0 aliphatic rings. The maximum atomic E-state index is 12.8. The maximum absolute atomic E-state index is 12.8. The van der Waals surface area contributed by atoms with Gasteiger partial charge in [-0.1, -0.05) is 12.1 Å². The number of alkyl halides is 3. The molecule has 130 valence electrons. The van der Waals surface area contributed by atoms with Crippen molar-refractivity contribution in [1.29, 1.82) is 0 Å². The van der Waals surface area contributed by atoms with E-state index in [-0.39, 0.29) is 18.0 Å². The Morgan fingerprint density at radius 1 is 1.17 bits per heavy atom. The summed E-state index contributed by atoms with van der Waals surface area (Å²) >= 11 is 0. The van der Waals surface area contributed by atoms with Crippen LogP contribution in [0.25, 0.3) is 0 Å². The van der Waals surface area contributed by atoms with Crippen molar-refractivity contribution in [3.8, 4) is 5.88 Å². The lowest BCUT2D eigenvalue weighted by atomic mass is 10.2. The molecule has 0 amide bonds. The molecule has 0 aliphatic heterocycles. The van der Waals surface area contributed by atoms with Crippen LogP contribution in [0.1, 0.15) is 5.56 Å². The van der Waals surface area contributed by atoms with E-state index < -0.39 is 27.5 Å². The summed E-state index contributed by atoms with van der Waals surface area (Å²) in [5.41, 5.74) is -0.595. The zero-order chi connectivity index (χ0) is 17.8. The highest BCUT2D eigenvalue weighted by molar-refractivity contribution is 7.90. The second-order valence-electron chi connectivity index (χ2n) is 4.90. The lowest BCUT2D eigenvalue weighted by Crippen LogP contribution is -2.16. The summed E-state index contributed by atoms with van der Waals surface area (Å²) in [6.07, 6.45) is -2.27. The van der Waals surface area contributed by atoms with E-state index in [2.05, 4.69) is 10.3 Å². The van der Waals surface area contributed by atoms with Crippen LogP contribution >= 0.6 is 0 Å². The molecule has 2 aromatic rings. The molecule has 1 aromatic carbocycles. The van der Waals surface area contributed by atoms with E-state index in [1.165, 1.54) is 18.3 Å². The number of anilines is 1. The van der Waals surface area contributed by atoms with E-state index in [0.29, 0.717) is 5.69 Å². The van der Waals surface area contributed by atoms with E-state index >= 15 is 0 Å². The summed E-state index contributed by atoms with van der Waals surface area (Å²) in [6.45, 7) is -0.00139. The summed E-state index contributed by atoms with van der Waals surface area (Å²) in [4.78, 5) is 3.69. The summed E-state index contributed by atoms with van der Waals surface area (Å²) in [5.74, 6) is -0.511. The second-order valence-corrected chi connectivity index (χ2v) is 6.88. The van der Waals surface area contributed by atoms with Gasteiger partial charge in [0.15, 0.2) is 9.84 Å². The number of hydrogen-bond donors (Lipinski definition) is 1. The van der Waals surface area contributed by atoms with Crippen LogP contribution in [0.5, 0.6) is 5.88 Å². The van der Waals surface area contributed by atoms with Gasteiger partial charge in [0.1, 0.15) is 12.2 Å². The highest BCUT2D eigenvalue weighted by atomic mass is 32.2. The fraction of sp³-hybridized carbons (Fsp3) is 0.267. The third-order valence-corrected chi connectivity index (χ3v) is 4.17. The molecular weight excluding hydrogens is 345 g/mol. The van der Waals surface area contributed by atoms with Crippen molar-refractivity contribution in [2.45, 2.75) is 11.1 Å². The molecule has 2 rings (SSSR count). The minimum absolute atomic E-state index is 0.110. The van der Waals surface area contributed by atoms with E-state index in [1.54, 1.807) is 18.2 Å². The van der Waals surface area contributed by atoms with Gasteiger partial charge >= 0.3 is 6.18 Å². The molecule has 0 saturated heterocycles. The minimum Gasteiger partial charge on any atom is -0.475 e. The maximum Gasteiger partial charge on any atom is 0.421 e. The summed E-state index contributed by atoms with van der Waals surface area (Å²) in [7, 11) is -3.41. The molecule has 24 heavy (non-hydrogen) atoms. The van der Waals surface area contributed by atoms with Crippen molar-refractivity contribution >= 4 is 15.5 Å². The molecule has 0 spiro atoms. The predicted molar refractivity (Wildman–Crippen MR) is 82.8 cm³/mol. The first-order chi connectivity index (χ1) is 11.2. The zero-order valence-corrected chi connectivity index (χ0v) is 13.5. The lowest BCUT2D eigenvalue weighted by Gasteiger charge is -2.14. The van der Waals surface area contributed by atoms with Crippen LogP contribution in [-0.2, 0) is 16.0 Å². The Morgan fingerprint density at radius 3 is 2.54 bits per heavy atom. The molecule has 0 saturated carbocycles. The van der Waals surface area contributed by atoms with Gasteiger partial charge in [0.2, 0.25) is 5.88 Å². The molecule has 0 bridgehead atoms. The lowest BCUT2D eigenvalue weighted by molar-refractivity contribution is -0.139. The second kappa shape index (κ2) is 7.08. The highest BCUT2D eigenvalue weighted by Crippen LogP contribution is 2.34. The molecule has 0 fully saturated rings. The summed E-state index contributed by atoms with van der Waals surface area (Å²) in [6, 6.07) is 8.31. The fourth-order valence-electron chi connectivity index (χ4n) is 1.99. The number of aromatic nitrogens is 1. The molecule has 0 atom stereocenters. The van der Waals surface area contributed by atoms with Crippen molar-refractivity contribution in [2.24, 2.45) is 0 Å². The Bertz CT molecular complexity index is 808. The van der Waals surface area contributed by atoms with Gasteiger partial charge in [-0.05, 0) is 24.3 Å². The normalized spacial score (nSPS) is 12.0.